The van der Waals surface area contributed by atoms with Crippen LogP contribution in [0.25, 0.3) is 0 Å². The average molecular weight is 318 g/mol. The van der Waals surface area contributed by atoms with Gasteiger partial charge in [-0.3, -0.25) is 5.43 Å². The highest BCUT2D eigenvalue weighted by molar-refractivity contribution is 6.02. The summed E-state index contributed by atoms with van der Waals surface area (Å²) in [5.41, 5.74) is 5.68. The normalized spacial score (nSPS) is 16.7. The number of hydrogen-bond donors (Lipinski definition) is 1. The Labute approximate surface area is 133 Å². The van der Waals surface area contributed by atoms with E-state index in [1.807, 2.05) is 18.2 Å². The smallest absolute Gasteiger partial charge is 0.278 e. The van der Waals surface area contributed by atoms with Crippen LogP contribution in [0.2, 0.25) is 0 Å². The van der Waals surface area contributed by atoms with Gasteiger partial charge in [0.2, 0.25) is 0 Å². The highest BCUT2D eigenvalue weighted by atomic mass is 19.4. The molecule has 2 aromatic rings. The summed E-state index contributed by atoms with van der Waals surface area (Å²) in [6, 6.07) is 13.2. The molecule has 1 aliphatic carbocycles. The first-order valence-corrected chi connectivity index (χ1v) is 7.62. The van der Waals surface area contributed by atoms with Crippen LogP contribution in [-0.4, -0.2) is 5.71 Å². The van der Waals surface area contributed by atoms with Gasteiger partial charge in [-0.25, -0.2) is 0 Å². The number of alkyl halides is 3. The van der Waals surface area contributed by atoms with Crippen LogP contribution in [0.1, 0.15) is 36.0 Å². The summed E-state index contributed by atoms with van der Waals surface area (Å²) in [4.78, 5) is 0. The van der Waals surface area contributed by atoms with E-state index in [4.69, 9.17) is 0 Å². The molecule has 1 N–H and O–H groups in total. The van der Waals surface area contributed by atoms with Crippen molar-refractivity contribution in [2.24, 2.45) is 5.10 Å². The van der Waals surface area contributed by atoms with Crippen molar-refractivity contribution in [2.75, 3.05) is 5.43 Å². The summed E-state index contributed by atoms with van der Waals surface area (Å²) < 4.78 is 38.3. The molecular formula is C18H17F3N2. The molecule has 0 unspecified atom stereocenters. The standard InChI is InChI=1S/C18H17F3N2/c19-18(20,21)14-8-5-9-15(12-14)22-23-17-11-4-2-7-13-6-1-3-10-16(13)17/h1,3,5-6,8-10,12,22H,2,4,7,11H2/b23-17+. The summed E-state index contributed by atoms with van der Waals surface area (Å²) in [6.07, 6.45) is -0.390. The van der Waals surface area contributed by atoms with Gasteiger partial charge in [0.25, 0.3) is 0 Å². The number of aryl methyl sites for hydroxylation is 1. The quantitative estimate of drug-likeness (QED) is 0.593. The summed E-state index contributed by atoms with van der Waals surface area (Å²) in [7, 11) is 0. The second kappa shape index (κ2) is 6.44. The van der Waals surface area contributed by atoms with E-state index in [1.165, 1.54) is 11.6 Å². The van der Waals surface area contributed by atoms with E-state index in [2.05, 4.69) is 16.6 Å². The van der Waals surface area contributed by atoms with Crippen molar-refractivity contribution in [1.82, 2.24) is 0 Å². The van der Waals surface area contributed by atoms with Gasteiger partial charge in [0, 0.05) is 5.56 Å². The maximum Gasteiger partial charge on any atom is 0.416 e. The zero-order valence-corrected chi connectivity index (χ0v) is 12.5. The Hall–Kier alpha value is -2.30. The van der Waals surface area contributed by atoms with Crippen molar-refractivity contribution < 1.29 is 13.2 Å². The zero-order chi connectivity index (χ0) is 16.3. The van der Waals surface area contributed by atoms with Crippen LogP contribution in [0.5, 0.6) is 0 Å². The number of nitrogens with zero attached hydrogens (tertiary/aromatic N) is 1. The van der Waals surface area contributed by atoms with Gasteiger partial charge in [0.15, 0.2) is 0 Å². The van der Waals surface area contributed by atoms with Crippen LogP contribution in [-0.2, 0) is 12.6 Å². The molecule has 3 rings (SSSR count). The number of anilines is 1. The van der Waals surface area contributed by atoms with Crippen molar-refractivity contribution in [1.29, 1.82) is 0 Å². The number of fused-ring (bicyclic) bond motifs is 1. The molecule has 0 fully saturated rings. The van der Waals surface area contributed by atoms with Gasteiger partial charge >= 0.3 is 6.18 Å². The first-order chi connectivity index (χ1) is 11.0. The topological polar surface area (TPSA) is 24.4 Å². The maximum atomic E-state index is 12.8. The van der Waals surface area contributed by atoms with Crippen molar-refractivity contribution in [3.8, 4) is 0 Å². The number of hydrogen-bond acceptors (Lipinski definition) is 2. The Kier molecular flexibility index (Phi) is 4.37. The molecule has 0 atom stereocenters. The van der Waals surface area contributed by atoms with Gasteiger partial charge < -0.3 is 0 Å². The minimum Gasteiger partial charge on any atom is -0.278 e. The predicted molar refractivity (Wildman–Crippen MR) is 85.6 cm³/mol. The molecule has 2 nitrogen and oxygen atoms in total. The first kappa shape index (κ1) is 15.6. The molecule has 0 heterocycles. The van der Waals surface area contributed by atoms with Crippen LogP contribution in [0, 0.1) is 0 Å². The van der Waals surface area contributed by atoms with E-state index in [0.717, 1.165) is 49.1 Å². The number of nitrogens with one attached hydrogen (secondary N) is 1. The van der Waals surface area contributed by atoms with E-state index in [1.54, 1.807) is 6.07 Å². The minimum atomic E-state index is -4.35. The van der Waals surface area contributed by atoms with Crippen molar-refractivity contribution in [3.63, 3.8) is 0 Å². The lowest BCUT2D eigenvalue weighted by atomic mass is 10.0. The number of benzene rings is 2. The van der Waals surface area contributed by atoms with Crippen LogP contribution in [0.15, 0.2) is 53.6 Å². The molecule has 5 heteroatoms. The fourth-order valence-corrected chi connectivity index (χ4v) is 2.78. The van der Waals surface area contributed by atoms with Gasteiger partial charge in [-0.15, -0.1) is 0 Å². The van der Waals surface area contributed by atoms with Crippen molar-refractivity contribution in [2.45, 2.75) is 31.9 Å². The van der Waals surface area contributed by atoms with Crippen LogP contribution < -0.4 is 5.43 Å². The van der Waals surface area contributed by atoms with E-state index in [0.29, 0.717) is 5.69 Å². The number of halogens is 3. The molecule has 1 aliphatic rings. The van der Waals surface area contributed by atoms with Crippen LogP contribution in [0.4, 0.5) is 18.9 Å². The molecule has 0 saturated heterocycles. The zero-order valence-electron chi connectivity index (χ0n) is 12.5. The Morgan fingerprint density at radius 1 is 0.913 bits per heavy atom. The predicted octanol–water partition coefficient (Wildman–Crippen LogP) is 5.25. The molecule has 0 saturated carbocycles. The Morgan fingerprint density at radius 2 is 1.70 bits per heavy atom. The Balaban J connectivity index is 1.86. The molecule has 0 radical (unpaired) electrons. The number of rotatable bonds is 2. The molecule has 0 bridgehead atoms. The van der Waals surface area contributed by atoms with Gasteiger partial charge in [-0.1, -0.05) is 30.3 Å². The average Bonchev–Trinajstić information content (AvgIpc) is 2.75. The molecule has 0 aromatic heterocycles. The third-order valence-electron chi connectivity index (χ3n) is 3.95. The molecule has 0 aliphatic heterocycles. The highest BCUT2D eigenvalue weighted by Gasteiger charge is 2.30. The molecule has 120 valence electrons. The largest absolute Gasteiger partial charge is 0.416 e. The van der Waals surface area contributed by atoms with Crippen LogP contribution in [0.3, 0.4) is 0 Å². The van der Waals surface area contributed by atoms with Gasteiger partial charge in [-0.2, -0.15) is 18.3 Å². The lowest BCUT2D eigenvalue weighted by Gasteiger charge is -2.10. The second-order valence-corrected chi connectivity index (χ2v) is 5.61. The fraction of sp³-hybridized carbons (Fsp3) is 0.278. The Morgan fingerprint density at radius 3 is 2.52 bits per heavy atom. The summed E-state index contributed by atoms with van der Waals surface area (Å²) in [6.45, 7) is 0. The van der Waals surface area contributed by atoms with Gasteiger partial charge in [-0.05, 0) is 49.4 Å². The van der Waals surface area contributed by atoms with Crippen molar-refractivity contribution in [3.05, 3.63) is 65.2 Å². The van der Waals surface area contributed by atoms with E-state index < -0.39 is 11.7 Å². The second-order valence-electron chi connectivity index (χ2n) is 5.61. The molecule has 2 aromatic carbocycles. The first-order valence-electron chi connectivity index (χ1n) is 7.62. The summed E-state index contributed by atoms with van der Waals surface area (Å²) >= 11 is 0. The Bertz CT molecular complexity index is 720. The fourth-order valence-electron chi connectivity index (χ4n) is 2.78. The molecule has 0 amide bonds. The van der Waals surface area contributed by atoms with Gasteiger partial charge in [0.1, 0.15) is 0 Å². The van der Waals surface area contributed by atoms with E-state index in [9.17, 15) is 13.2 Å². The monoisotopic (exact) mass is 318 g/mol. The highest BCUT2D eigenvalue weighted by Crippen LogP contribution is 2.30. The molecule has 23 heavy (non-hydrogen) atoms. The SMILES string of the molecule is FC(F)(F)c1cccc(N/N=C2\CCCCc3ccccc32)c1. The van der Waals surface area contributed by atoms with E-state index >= 15 is 0 Å². The molecular weight excluding hydrogens is 301 g/mol. The number of hydrazone groups is 1. The summed E-state index contributed by atoms with van der Waals surface area (Å²) in [5.74, 6) is 0. The van der Waals surface area contributed by atoms with Crippen molar-refractivity contribution >= 4 is 11.4 Å². The maximum absolute atomic E-state index is 12.8. The van der Waals surface area contributed by atoms with E-state index in [-0.39, 0.29) is 0 Å². The van der Waals surface area contributed by atoms with Crippen LogP contribution >= 0.6 is 0 Å². The third-order valence-corrected chi connectivity index (χ3v) is 3.95. The minimum absolute atomic E-state index is 0.342. The summed E-state index contributed by atoms with van der Waals surface area (Å²) in [5, 5.41) is 4.38. The lowest BCUT2D eigenvalue weighted by molar-refractivity contribution is -0.137. The molecule has 0 spiro atoms. The lowest BCUT2D eigenvalue weighted by Crippen LogP contribution is -2.07. The van der Waals surface area contributed by atoms with Gasteiger partial charge in [0.05, 0.1) is 17.0 Å². The third kappa shape index (κ3) is 3.73.